The number of nitrogens with zero attached hydrogens (tertiary/aromatic N) is 3. The molecule has 0 N–H and O–H groups in total. The van der Waals surface area contributed by atoms with Crippen molar-refractivity contribution in [3.8, 4) is 17.2 Å². The first kappa shape index (κ1) is 12.9. The Kier molecular flexibility index (Phi) is 3.51. The van der Waals surface area contributed by atoms with E-state index >= 15 is 0 Å². The molecule has 2 aromatic rings. The van der Waals surface area contributed by atoms with Crippen LogP contribution in [-0.4, -0.2) is 9.78 Å². The molecule has 0 radical (unpaired) electrons. The van der Waals surface area contributed by atoms with Crippen LogP contribution < -0.4 is 0 Å². The van der Waals surface area contributed by atoms with Crippen molar-refractivity contribution in [1.82, 2.24) is 9.78 Å². The molecule has 1 aliphatic rings. The highest BCUT2D eigenvalue weighted by Crippen LogP contribution is 2.29. The molecule has 0 unspecified atom stereocenters. The van der Waals surface area contributed by atoms with Gasteiger partial charge >= 0.3 is 0 Å². The highest BCUT2D eigenvalue weighted by molar-refractivity contribution is 5.63. The molecule has 1 heterocycles. The van der Waals surface area contributed by atoms with Gasteiger partial charge in [0.1, 0.15) is 5.82 Å². The van der Waals surface area contributed by atoms with E-state index in [4.69, 9.17) is 5.26 Å². The highest BCUT2D eigenvalue weighted by Gasteiger charge is 2.16. The molecule has 0 spiro atoms. The number of rotatable bonds is 2. The molecule has 0 saturated heterocycles. The Morgan fingerprint density at radius 1 is 1.15 bits per heavy atom. The van der Waals surface area contributed by atoms with Gasteiger partial charge in [-0.3, -0.25) is 4.68 Å². The van der Waals surface area contributed by atoms with Gasteiger partial charge in [0.2, 0.25) is 0 Å². The van der Waals surface area contributed by atoms with Crippen LogP contribution in [0.3, 0.4) is 0 Å². The Bertz CT molecular complexity index is 648. The number of hydrogen-bond acceptors (Lipinski definition) is 2. The minimum absolute atomic E-state index is 0.338. The van der Waals surface area contributed by atoms with E-state index in [1.807, 2.05) is 16.9 Å². The van der Waals surface area contributed by atoms with Gasteiger partial charge in [-0.15, -0.1) is 0 Å². The van der Waals surface area contributed by atoms with Crippen LogP contribution in [-0.2, 0) is 0 Å². The highest BCUT2D eigenvalue weighted by atomic mass is 19.1. The molecule has 4 heteroatoms. The zero-order valence-electron chi connectivity index (χ0n) is 11.2. The van der Waals surface area contributed by atoms with Gasteiger partial charge in [0.15, 0.2) is 0 Å². The summed E-state index contributed by atoms with van der Waals surface area (Å²) in [5.41, 5.74) is 1.92. The molecule has 0 amide bonds. The van der Waals surface area contributed by atoms with Gasteiger partial charge in [-0.25, -0.2) is 4.39 Å². The van der Waals surface area contributed by atoms with Gasteiger partial charge in [0, 0.05) is 11.8 Å². The van der Waals surface area contributed by atoms with Crippen molar-refractivity contribution < 1.29 is 4.39 Å². The van der Waals surface area contributed by atoms with E-state index in [0.29, 0.717) is 17.2 Å². The number of hydrogen-bond donors (Lipinski definition) is 0. The number of nitriles is 1. The average Bonchev–Trinajstić information content (AvgIpc) is 2.97. The summed E-state index contributed by atoms with van der Waals surface area (Å²) in [5, 5.41) is 13.3. The van der Waals surface area contributed by atoms with Crippen molar-refractivity contribution >= 4 is 0 Å². The number of aromatic nitrogens is 2. The van der Waals surface area contributed by atoms with Crippen LogP contribution in [0.4, 0.5) is 4.39 Å². The first-order valence-corrected chi connectivity index (χ1v) is 7.01. The van der Waals surface area contributed by atoms with Crippen LogP contribution in [0.5, 0.6) is 0 Å². The molecule has 1 aromatic heterocycles. The summed E-state index contributed by atoms with van der Waals surface area (Å²) < 4.78 is 15.5. The summed E-state index contributed by atoms with van der Waals surface area (Å²) >= 11 is 0. The second-order valence-electron chi connectivity index (χ2n) is 5.34. The molecule has 0 aliphatic heterocycles. The molecule has 3 rings (SSSR count). The van der Waals surface area contributed by atoms with Crippen molar-refractivity contribution in [1.29, 1.82) is 5.26 Å². The second-order valence-corrected chi connectivity index (χ2v) is 5.34. The average molecular weight is 269 g/mol. The maximum absolute atomic E-state index is 13.5. The topological polar surface area (TPSA) is 41.6 Å². The van der Waals surface area contributed by atoms with Crippen LogP contribution in [0.15, 0.2) is 30.6 Å². The Labute approximate surface area is 117 Å². The first-order chi connectivity index (χ1) is 9.76. The Hall–Kier alpha value is -2.15. The maximum atomic E-state index is 13.5. The Morgan fingerprint density at radius 2 is 1.95 bits per heavy atom. The summed E-state index contributed by atoms with van der Waals surface area (Å²) in [4.78, 5) is 0. The lowest BCUT2D eigenvalue weighted by Gasteiger charge is -2.21. The van der Waals surface area contributed by atoms with Gasteiger partial charge < -0.3 is 0 Å². The first-order valence-electron chi connectivity index (χ1n) is 7.01. The fourth-order valence-corrected chi connectivity index (χ4v) is 2.85. The summed E-state index contributed by atoms with van der Waals surface area (Å²) in [5.74, 6) is -0.385. The largest absolute Gasteiger partial charge is 0.269 e. The number of halogens is 1. The lowest BCUT2D eigenvalue weighted by Crippen LogP contribution is -2.12. The predicted molar refractivity (Wildman–Crippen MR) is 74.5 cm³/mol. The third-order valence-electron chi connectivity index (χ3n) is 3.91. The fourth-order valence-electron chi connectivity index (χ4n) is 2.85. The van der Waals surface area contributed by atoms with Crippen molar-refractivity contribution in [3.05, 3.63) is 42.0 Å². The fraction of sp³-hybridized carbons (Fsp3) is 0.375. The van der Waals surface area contributed by atoms with E-state index in [1.165, 1.54) is 31.4 Å². The minimum Gasteiger partial charge on any atom is -0.269 e. The molecule has 3 nitrogen and oxygen atoms in total. The second kappa shape index (κ2) is 5.46. The molecule has 1 saturated carbocycles. The molecule has 0 atom stereocenters. The van der Waals surface area contributed by atoms with Crippen molar-refractivity contribution in [2.75, 3.05) is 0 Å². The third kappa shape index (κ3) is 2.57. The zero-order chi connectivity index (χ0) is 13.9. The van der Waals surface area contributed by atoms with Gasteiger partial charge in [-0.05, 0) is 36.6 Å². The Balaban J connectivity index is 1.90. The van der Waals surface area contributed by atoms with Gasteiger partial charge in [-0.2, -0.15) is 10.4 Å². The van der Waals surface area contributed by atoms with Gasteiger partial charge in [0.25, 0.3) is 0 Å². The van der Waals surface area contributed by atoms with E-state index < -0.39 is 0 Å². The lowest BCUT2D eigenvalue weighted by atomic mass is 9.96. The summed E-state index contributed by atoms with van der Waals surface area (Å²) in [7, 11) is 0. The van der Waals surface area contributed by atoms with Gasteiger partial charge in [0.05, 0.1) is 23.9 Å². The number of benzene rings is 1. The third-order valence-corrected chi connectivity index (χ3v) is 3.91. The van der Waals surface area contributed by atoms with Crippen LogP contribution in [0.1, 0.15) is 43.7 Å². The molecular weight excluding hydrogens is 253 g/mol. The molecule has 20 heavy (non-hydrogen) atoms. The maximum Gasteiger partial charge on any atom is 0.125 e. The van der Waals surface area contributed by atoms with E-state index in [9.17, 15) is 4.39 Å². The predicted octanol–water partition coefficient (Wildman–Crippen LogP) is 4.07. The minimum atomic E-state index is -0.385. The van der Waals surface area contributed by atoms with E-state index in [-0.39, 0.29) is 5.82 Å². The molecule has 1 fully saturated rings. The van der Waals surface area contributed by atoms with Crippen molar-refractivity contribution in [2.24, 2.45) is 0 Å². The quantitative estimate of drug-likeness (QED) is 0.824. The zero-order valence-corrected chi connectivity index (χ0v) is 11.2. The summed E-state index contributed by atoms with van der Waals surface area (Å²) in [6.07, 6.45) is 9.84. The molecule has 1 aromatic carbocycles. The van der Waals surface area contributed by atoms with E-state index in [1.54, 1.807) is 12.3 Å². The van der Waals surface area contributed by atoms with Gasteiger partial charge in [-0.1, -0.05) is 19.3 Å². The molecule has 0 bridgehead atoms. The van der Waals surface area contributed by atoms with Crippen LogP contribution in [0, 0.1) is 17.1 Å². The molecule has 102 valence electrons. The van der Waals surface area contributed by atoms with Crippen LogP contribution >= 0.6 is 0 Å². The summed E-state index contributed by atoms with van der Waals surface area (Å²) in [6.45, 7) is 0. The monoisotopic (exact) mass is 269 g/mol. The SMILES string of the molecule is N#Cc1cc(F)cc(-c2cnn(C3CCCCC3)c2)c1. The lowest BCUT2D eigenvalue weighted by molar-refractivity contribution is 0.329. The van der Waals surface area contributed by atoms with E-state index in [2.05, 4.69) is 5.10 Å². The smallest absolute Gasteiger partial charge is 0.125 e. The molecule has 1 aliphatic carbocycles. The normalized spacial score (nSPS) is 16.0. The van der Waals surface area contributed by atoms with Crippen LogP contribution in [0.25, 0.3) is 11.1 Å². The van der Waals surface area contributed by atoms with Crippen molar-refractivity contribution in [3.63, 3.8) is 0 Å². The Morgan fingerprint density at radius 3 is 2.70 bits per heavy atom. The van der Waals surface area contributed by atoms with Crippen molar-refractivity contribution in [2.45, 2.75) is 38.1 Å². The summed E-state index contributed by atoms with van der Waals surface area (Å²) in [6, 6.07) is 6.83. The standard InChI is InChI=1S/C16H16FN3/c17-15-7-12(9-18)6-13(8-15)14-10-19-20(11-14)16-4-2-1-3-5-16/h6-8,10-11,16H,1-5H2. The van der Waals surface area contributed by atoms with Crippen LogP contribution in [0.2, 0.25) is 0 Å². The van der Waals surface area contributed by atoms with E-state index in [0.717, 1.165) is 18.4 Å². The molecular formula is C16H16FN3.